The molecule has 0 aliphatic heterocycles. The summed E-state index contributed by atoms with van der Waals surface area (Å²) in [6, 6.07) is 0.141. The molecule has 1 rings (SSSR count). The summed E-state index contributed by atoms with van der Waals surface area (Å²) in [7, 11) is 0. The van der Waals surface area contributed by atoms with Crippen LogP contribution in [-0.2, 0) is 0 Å². The van der Waals surface area contributed by atoms with Crippen molar-refractivity contribution in [1.29, 1.82) is 0 Å². The first-order valence-electron chi connectivity index (χ1n) is 2.44. The Morgan fingerprint density at radius 1 is 1.78 bits per heavy atom. The van der Waals surface area contributed by atoms with Gasteiger partial charge in [-0.2, -0.15) is 0 Å². The molecule has 1 atom stereocenters. The quantitative estimate of drug-likeness (QED) is 0.685. The van der Waals surface area contributed by atoms with Crippen molar-refractivity contribution < 1.29 is 0 Å². The lowest BCUT2D eigenvalue weighted by atomic mass is 10.3. The largest absolute Gasteiger partial charge is 0.323 e. The fourth-order valence-electron chi connectivity index (χ4n) is 0.451. The number of halogens is 1. The van der Waals surface area contributed by atoms with E-state index in [0.717, 1.165) is 4.88 Å². The zero-order valence-corrected chi connectivity index (χ0v) is 6.71. The molecule has 0 aliphatic rings. The minimum atomic E-state index is 0. The van der Waals surface area contributed by atoms with Crippen LogP contribution in [0.5, 0.6) is 0 Å². The van der Waals surface area contributed by atoms with Crippen molar-refractivity contribution in [1.82, 2.24) is 4.98 Å². The van der Waals surface area contributed by atoms with Crippen LogP contribution in [0.15, 0.2) is 11.7 Å². The summed E-state index contributed by atoms with van der Waals surface area (Å²) in [5, 5.41) is 0. The van der Waals surface area contributed by atoms with Gasteiger partial charge in [-0.1, -0.05) is 0 Å². The van der Waals surface area contributed by atoms with Gasteiger partial charge in [0.2, 0.25) is 0 Å². The van der Waals surface area contributed by atoms with Crippen LogP contribution < -0.4 is 5.73 Å². The van der Waals surface area contributed by atoms with Crippen molar-refractivity contribution >= 4 is 23.7 Å². The van der Waals surface area contributed by atoms with Crippen LogP contribution in [0.4, 0.5) is 0 Å². The number of thiazole rings is 1. The van der Waals surface area contributed by atoms with E-state index in [1.165, 1.54) is 0 Å². The molecule has 0 aromatic carbocycles. The Morgan fingerprint density at radius 2 is 2.44 bits per heavy atom. The van der Waals surface area contributed by atoms with Crippen molar-refractivity contribution in [2.24, 2.45) is 5.73 Å². The summed E-state index contributed by atoms with van der Waals surface area (Å²) in [5.74, 6) is 0. The van der Waals surface area contributed by atoms with Crippen molar-refractivity contribution in [2.75, 3.05) is 0 Å². The van der Waals surface area contributed by atoms with Gasteiger partial charge in [-0.3, -0.25) is 4.98 Å². The Morgan fingerprint density at radius 3 is 2.67 bits per heavy atom. The summed E-state index contributed by atoms with van der Waals surface area (Å²) in [5.41, 5.74) is 7.32. The fourth-order valence-corrected chi connectivity index (χ4v) is 1.03. The van der Waals surface area contributed by atoms with Crippen LogP contribution in [0.25, 0.3) is 0 Å². The van der Waals surface area contributed by atoms with Crippen LogP contribution in [0.3, 0.4) is 0 Å². The molecule has 9 heavy (non-hydrogen) atoms. The first-order chi connectivity index (χ1) is 3.80. The highest BCUT2D eigenvalue weighted by Crippen LogP contribution is 2.12. The molecule has 2 nitrogen and oxygen atoms in total. The lowest BCUT2D eigenvalue weighted by Gasteiger charge is -1.95. The minimum absolute atomic E-state index is 0. The average molecular weight is 165 g/mol. The zero-order valence-electron chi connectivity index (χ0n) is 5.07. The molecule has 1 heterocycles. The van der Waals surface area contributed by atoms with Crippen molar-refractivity contribution in [3.63, 3.8) is 0 Å². The second-order valence-electron chi connectivity index (χ2n) is 1.69. The average Bonchev–Trinajstić information content (AvgIpc) is 2.12. The normalized spacial score (nSPS) is 12.2. The maximum absolute atomic E-state index is 5.53. The summed E-state index contributed by atoms with van der Waals surface area (Å²) in [6.45, 7) is 1.95. The van der Waals surface area contributed by atoms with Gasteiger partial charge in [-0.25, -0.2) is 0 Å². The monoisotopic (exact) mass is 164 g/mol. The highest BCUT2D eigenvalue weighted by molar-refractivity contribution is 7.09. The number of hydrogen-bond donors (Lipinski definition) is 1. The molecule has 1 aromatic heterocycles. The number of rotatable bonds is 1. The highest BCUT2D eigenvalue weighted by atomic mass is 35.5. The SMILES string of the molecule is CC(N)c1cncs1.Cl. The van der Waals surface area contributed by atoms with E-state index in [0.29, 0.717) is 0 Å². The van der Waals surface area contributed by atoms with Crippen LogP contribution in [0.2, 0.25) is 0 Å². The van der Waals surface area contributed by atoms with Crippen molar-refractivity contribution in [3.8, 4) is 0 Å². The third-order valence-electron chi connectivity index (χ3n) is 0.900. The summed E-state index contributed by atoms with van der Waals surface area (Å²) in [4.78, 5) is 5.03. The van der Waals surface area contributed by atoms with E-state index in [-0.39, 0.29) is 18.4 Å². The standard InChI is InChI=1S/C5H8N2S.ClH/c1-4(6)5-2-7-3-8-5;/h2-4H,6H2,1H3;1H. The summed E-state index contributed by atoms with van der Waals surface area (Å²) < 4.78 is 0. The first kappa shape index (κ1) is 8.88. The molecule has 1 unspecified atom stereocenters. The van der Waals surface area contributed by atoms with Crippen LogP contribution in [0, 0.1) is 0 Å². The van der Waals surface area contributed by atoms with Gasteiger partial charge < -0.3 is 5.73 Å². The fraction of sp³-hybridized carbons (Fsp3) is 0.400. The zero-order chi connectivity index (χ0) is 5.98. The molecule has 0 spiro atoms. The van der Waals surface area contributed by atoms with Gasteiger partial charge in [0.1, 0.15) is 0 Å². The second kappa shape index (κ2) is 3.82. The van der Waals surface area contributed by atoms with Crippen molar-refractivity contribution in [2.45, 2.75) is 13.0 Å². The minimum Gasteiger partial charge on any atom is -0.323 e. The van der Waals surface area contributed by atoms with E-state index in [4.69, 9.17) is 5.73 Å². The third-order valence-corrected chi connectivity index (χ3v) is 1.88. The maximum atomic E-state index is 5.53. The van der Waals surface area contributed by atoms with Crippen LogP contribution >= 0.6 is 23.7 Å². The predicted molar refractivity (Wildman–Crippen MR) is 42.0 cm³/mol. The first-order valence-corrected chi connectivity index (χ1v) is 3.32. The number of hydrogen-bond acceptors (Lipinski definition) is 3. The van der Waals surface area contributed by atoms with Crippen LogP contribution in [0.1, 0.15) is 17.8 Å². The Bertz CT molecular complexity index is 150. The van der Waals surface area contributed by atoms with E-state index in [2.05, 4.69) is 4.98 Å². The van der Waals surface area contributed by atoms with Crippen LogP contribution in [-0.4, -0.2) is 4.98 Å². The summed E-state index contributed by atoms with van der Waals surface area (Å²) >= 11 is 1.59. The van der Waals surface area contributed by atoms with Gasteiger partial charge in [0.05, 0.1) is 5.51 Å². The molecule has 4 heteroatoms. The molecule has 0 aliphatic carbocycles. The number of nitrogens with two attached hydrogens (primary N) is 1. The molecule has 1 aromatic rings. The van der Waals surface area contributed by atoms with Gasteiger partial charge in [-0.15, -0.1) is 23.7 Å². The summed E-state index contributed by atoms with van der Waals surface area (Å²) in [6.07, 6.45) is 1.80. The Labute approximate surface area is 64.5 Å². The highest BCUT2D eigenvalue weighted by Gasteiger charge is 1.97. The molecule has 2 N–H and O–H groups in total. The molecule has 0 bridgehead atoms. The smallest absolute Gasteiger partial charge is 0.0794 e. The molecule has 0 amide bonds. The molecule has 0 fully saturated rings. The van der Waals surface area contributed by atoms with Gasteiger partial charge in [0, 0.05) is 17.1 Å². The number of aromatic nitrogens is 1. The molecule has 0 saturated carbocycles. The molecule has 0 radical (unpaired) electrons. The molecule has 0 saturated heterocycles. The third kappa shape index (κ3) is 2.30. The van der Waals surface area contributed by atoms with Gasteiger partial charge >= 0.3 is 0 Å². The van der Waals surface area contributed by atoms with E-state index < -0.39 is 0 Å². The lowest BCUT2D eigenvalue weighted by Crippen LogP contribution is -2.01. The topological polar surface area (TPSA) is 38.9 Å². The van der Waals surface area contributed by atoms with Gasteiger partial charge in [-0.05, 0) is 6.92 Å². The Balaban J connectivity index is 0.000000640. The molecular formula is C5H9ClN2S. The molecular weight excluding hydrogens is 156 g/mol. The Kier molecular flexibility index (Phi) is 3.77. The maximum Gasteiger partial charge on any atom is 0.0794 e. The predicted octanol–water partition coefficient (Wildman–Crippen LogP) is 1.58. The van der Waals surface area contributed by atoms with Gasteiger partial charge in [0.15, 0.2) is 0 Å². The van der Waals surface area contributed by atoms with E-state index in [1.807, 2.05) is 6.92 Å². The Hall–Kier alpha value is -0.120. The molecule has 52 valence electrons. The van der Waals surface area contributed by atoms with E-state index in [1.54, 1.807) is 23.0 Å². The van der Waals surface area contributed by atoms with Crippen molar-refractivity contribution in [3.05, 3.63) is 16.6 Å². The van der Waals surface area contributed by atoms with Gasteiger partial charge in [0.25, 0.3) is 0 Å². The van der Waals surface area contributed by atoms with E-state index in [9.17, 15) is 0 Å². The lowest BCUT2D eigenvalue weighted by molar-refractivity contribution is 0.835. The number of nitrogens with zero attached hydrogens (tertiary/aromatic N) is 1. The van der Waals surface area contributed by atoms with E-state index >= 15 is 0 Å². The second-order valence-corrected chi connectivity index (χ2v) is 2.61.